The summed E-state index contributed by atoms with van der Waals surface area (Å²) >= 11 is 3.13. The van der Waals surface area contributed by atoms with E-state index < -0.39 is 51.6 Å². The number of aliphatic hydroxyl groups excluding tert-OH is 2. The van der Waals surface area contributed by atoms with Crippen molar-refractivity contribution in [3.8, 4) is 0 Å². The van der Waals surface area contributed by atoms with Crippen molar-refractivity contribution >= 4 is 140 Å². The van der Waals surface area contributed by atoms with Gasteiger partial charge in [-0.15, -0.1) is 0 Å². The molecule has 0 fully saturated rings. The first-order chi connectivity index (χ1) is 56.1. The molecule has 5 aromatic heterocycles. The predicted molar refractivity (Wildman–Crippen MR) is 455 cm³/mol. The van der Waals surface area contributed by atoms with E-state index in [1.807, 2.05) is 99.6 Å². The third kappa shape index (κ3) is 28.9. The topological polar surface area (TPSA) is 441 Å². The van der Waals surface area contributed by atoms with Gasteiger partial charge in [-0.25, -0.2) is 24.9 Å². The highest BCUT2D eigenvalue weighted by Crippen LogP contribution is 2.22. The van der Waals surface area contributed by atoms with E-state index in [-0.39, 0.29) is 101 Å². The molecule has 2 atom stereocenters. The Bertz CT molecular complexity index is 5180. The number of hydrogen-bond acceptors (Lipinski definition) is 25. The standard InChI is InChI=1S/C27H37B2N3O6.C21H23N3O4.C13H19B2N3O4.C11H13N3O2.C9H7BrN2O/c1-27(2,3)38-26(34)22(15-20-9-7-6-8-10-20)18-37-14-13-31(28(4)35)17-25(33)21-11-12-23-24(16-21)32(19-30-23)29(5)36;25-20(16-6-7-18-19(11-16)24-14-23-18)12-22-8-9-28-13-17(21(26)27)10-15-4-2-1-3-5-15;1-14(21)17(5-6-19)8-13(20)10-3-4-11-12(7-10)18(9-16-11)15(2)22;15-4-3-12-6-11(16)8-1-2-9-10(5-8)14-7-13-9;10-4-9(13)6-1-2-7-8(3-6)12-5-11-7/h6-12,16,19,22,35-36H,13-15,17-18H2,1-5H3;1-7,11,14,17,22H,8-10,12-13H2,(H,23,24)(H,26,27);3-4,7,9,19,21-22H,5-6,8H2,1-2H3;1-2,5,7,12,15H,3-4,6H2,(H,13,14);1-3,5H,4H2,(H,11,12). The number of esters is 1. The van der Waals surface area contributed by atoms with Crippen LogP contribution in [0.4, 0.5) is 0 Å². The Labute approximate surface area is 686 Å². The summed E-state index contributed by atoms with van der Waals surface area (Å²) in [5, 5.41) is 72.7. The number of aromatic nitrogens is 10. The number of nitrogens with one attached hydrogen (secondary N) is 5. The zero-order valence-corrected chi connectivity index (χ0v) is 68.0. The van der Waals surface area contributed by atoms with Crippen LogP contribution in [-0.4, -0.2) is 266 Å². The number of benzene rings is 7. The molecule has 0 spiro atoms. The van der Waals surface area contributed by atoms with E-state index in [0.29, 0.717) is 94.3 Å². The maximum absolute atomic E-state index is 13.0. The number of aromatic amines is 3. The monoisotopic (exact) mass is 1660 g/mol. The lowest BCUT2D eigenvalue weighted by Gasteiger charge is -2.25. The van der Waals surface area contributed by atoms with Crippen molar-refractivity contribution in [3.63, 3.8) is 0 Å². The molecular weight excluding hydrogens is 1560 g/mol. The molecule has 12 aromatic rings. The summed E-state index contributed by atoms with van der Waals surface area (Å²) in [6.07, 6.45) is 8.79. The number of carbonyl (C=O) groups is 7. The Morgan fingerprint density at radius 1 is 0.487 bits per heavy atom. The van der Waals surface area contributed by atoms with Crippen LogP contribution in [0.2, 0.25) is 27.3 Å². The number of ketones is 5. The van der Waals surface area contributed by atoms with Crippen molar-refractivity contribution in [2.24, 2.45) is 11.8 Å². The second-order valence-corrected chi connectivity index (χ2v) is 29.0. The van der Waals surface area contributed by atoms with Crippen LogP contribution in [0.3, 0.4) is 0 Å². The SMILES string of the molecule is CB(O)N(CCO)CC(=O)c1ccc2ncn(B(C)O)c2c1.CB(O)N(CCOCC(Cc1ccccc1)C(=O)OC(C)(C)C)CC(=O)c1ccc2ncn(B(C)O)c2c1.O=C(CBr)c1ccc2nc[nH]c2c1.O=C(CNCCO)c1ccc2nc[nH]c2c1.O=C(CNCCOCC(Cc1ccccc1)C(=O)O)c1ccc2nc[nH]c2c1. The molecule has 7 aromatic carbocycles. The fourth-order valence-electron chi connectivity index (χ4n) is 11.9. The molecule has 0 amide bonds. The van der Waals surface area contributed by atoms with Crippen molar-refractivity contribution in [2.75, 3.05) is 97.3 Å². The molecule has 5 heterocycles. The van der Waals surface area contributed by atoms with Gasteiger partial charge in [0.05, 0.1) is 170 Å². The molecule has 117 heavy (non-hydrogen) atoms. The van der Waals surface area contributed by atoms with Crippen LogP contribution in [0.15, 0.2) is 183 Å². The molecule has 0 saturated carbocycles. The number of nitrogens with zero attached hydrogens (tertiary/aromatic N) is 9. The summed E-state index contributed by atoms with van der Waals surface area (Å²) in [5.74, 6) is -2.56. The number of hydrogen-bond donors (Lipinski definition) is 12. The average Bonchev–Trinajstić information content (AvgIpc) is 1.68. The third-order valence-electron chi connectivity index (χ3n) is 18.3. The van der Waals surface area contributed by atoms with Crippen molar-refractivity contribution in [3.05, 3.63) is 222 Å². The Morgan fingerprint density at radius 2 is 0.880 bits per heavy atom. The number of fused-ring (bicyclic) bond motifs is 5. The molecule has 0 saturated heterocycles. The second-order valence-electron chi connectivity index (χ2n) is 28.4. The number of carboxylic acid groups (broad SMARTS) is 1. The summed E-state index contributed by atoms with van der Waals surface area (Å²) in [4.78, 5) is 118. The fourth-order valence-corrected chi connectivity index (χ4v) is 12.3. The molecule has 614 valence electrons. The average molecular weight is 1660 g/mol. The highest BCUT2D eigenvalue weighted by Gasteiger charge is 2.28. The molecule has 2 unspecified atom stereocenters. The summed E-state index contributed by atoms with van der Waals surface area (Å²) < 4.78 is 20.1. The molecule has 12 N–H and O–H groups in total. The lowest BCUT2D eigenvalue weighted by atomic mass is 9.84. The lowest BCUT2D eigenvalue weighted by molar-refractivity contribution is -0.162. The first-order valence-corrected chi connectivity index (χ1v) is 39.2. The summed E-state index contributed by atoms with van der Waals surface area (Å²) in [6, 6.07) is 45.5. The van der Waals surface area contributed by atoms with Gasteiger partial charge >= 0.3 is 40.1 Å². The highest BCUT2D eigenvalue weighted by molar-refractivity contribution is 9.09. The van der Waals surface area contributed by atoms with Gasteiger partial charge in [0.2, 0.25) is 0 Å². The van der Waals surface area contributed by atoms with Gasteiger partial charge in [-0.05, 0) is 163 Å². The molecule has 31 nitrogen and oxygen atoms in total. The van der Waals surface area contributed by atoms with E-state index in [0.717, 1.165) is 44.2 Å². The number of aliphatic carboxylic acids is 1. The maximum Gasteiger partial charge on any atom is 0.414 e. The first kappa shape index (κ1) is 92.0. The number of carboxylic acids is 1. The zero-order chi connectivity index (χ0) is 84.6. The fraction of sp³-hybridized carbons (Fsp3) is 0.333. The van der Waals surface area contributed by atoms with E-state index in [2.05, 4.69) is 66.4 Å². The van der Waals surface area contributed by atoms with Crippen molar-refractivity contribution in [1.29, 1.82) is 0 Å². The van der Waals surface area contributed by atoms with Crippen molar-refractivity contribution < 1.29 is 83.2 Å². The second kappa shape index (κ2) is 46.4. The smallest absolute Gasteiger partial charge is 0.414 e. The Morgan fingerprint density at radius 3 is 1.28 bits per heavy atom. The van der Waals surface area contributed by atoms with Crippen molar-refractivity contribution in [1.82, 2.24) is 69.1 Å². The molecule has 12 rings (SSSR count). The van der Waals surface area contributed by atoms with Gasteiger partial charge in [-0.2, -0.15) is 0 Å². The van der Waals surface area contributed by atoms with E-state index >= 15 is 0 Å². The third-order valence-corrected chi connectivity index (χ3v) is 18.8. The number of alkyl halides is 1. The molecular formula is C81H99B4BrN14O17. The number of ether oxygens (including phenoxy) is 3. The normalized spacial score (nSPS) is 11.7. The number of H-pyrrole nitrogens is 3. The molecule has 0 aliphatic carbocycles. The zero-order valence-electron chi connectivity index (χ0n) is 66.4. The number of Topliss-reactive ketones (excluding diaryl/α,β-unsaturated/α-hetero) is 5. The minimum atomic E-state index is -0.875. The number of rotatable bonds is 38. The van der Waals surface area contributed by atoms with E-state index in [1.54, 1.807) is 133 Å². The number of imidazole rings is 5. The van der Waals surface area contributed by atoms with Gasteiger partial charge in [0, 0.05) is 54.0 Å². The Hall–Kier alpha value is -10.6. The van der Waals surface area contributed by atoms with Crippen LogP contribution < -0.4 is 10.6 Å². The largest absolute Gasteiger partial charge is 0.481 e. The molecule has 0 aliphatic rings. The minimum Gasteiger partial charge on any atom is -0.481 e. The number of carbonyl (C=O) groups excluding carboxylic acids is 6. The highest BCUT2D eigenvalue weighted by atomic mass is 79.9. The molecule has 0 aliphatic heterocycles. The van der Waals surface area contributed by atoms with Crippen LogP contribution in [-0.2, 0) is 36.6 Å². The predicted octanol–water partition coefficient (Wildman–Crippen LogP) is 7.15. The minimum absolute atomic E-state index is 0.00458. The lowest BCUT2D eigenvalue weighted by Crippen LogP contribution is -2.43. The molecule has 0 radical (unpaired) electrons. The molecule has 0 bridgehead atoms. The quantitative estimate of drug-likeness (QED) is 0.00600. The summed E-state index contributed by atoms with van der Waals surface area (Å²) in [7, 11) is -3.20. The van der Waals surface area contributed by atoms with Gasteiger partial charge in [0.15, 0.2) is 28.9 Å². The van der Waals surface area contributed by atoms with Gasteiger partial charge in [0.1, 0.15) is 5.60 Å². The van der Waals surface area contributed by atoms with E-state index in [1.165, 1.54) is 17.5 Å². The molecule has 36 heteroatoms. The number of halogens is 1. The number of aliphatic hydroxyl groups is 2. The Balaban J connectivity index is 0.000000191. The van der Waals surface area contributed by atoms with Crippen LogP contribution in [0, 0.1) is 11.8 Å². The van der Waals surface area contributed by atoms with Gasteiger partial charge in [-0.1, -0.05) is 76.6 Å². The van der Waals surface area contributed by atoms with E-state index in [4.69, 9.17) is 24.4 Å². The maximum atomic E-state index is 13.0. The van der Waals surface area contributed by atoms with Crippen LogP contribution in [0.5, 0.6) is 0 Å². The summed E-state index contributed by atoms with van der Waals surface area (Å²) in [5.41, 5.74) is 12.1. The Kier molecular flexibility index (Phi) is 36.5. The van der Waals surface area contributed by atoms with Crippen LogP contribution >= 0.6 is 15.9 Å². The van der Waals surface area contributed by atoms with Gasteiger partial charge in [0.25, 0.3) is 0 Å². The summed E-state index contributed by atoms with van der Waals surface area (Å²) in [6.45, 7) is 14.5. The van der Waals surface area contributed by atoms with Crippen LogP contribution in [0.1, 0.15) is 83.7 Å². The van der Waals surface area contributed by atoms with Crippen LogP contribution in [0.25, 0.3) is 55.2 Å². The first-order valence-electron chi connectivity index (χ1n) is 38.1. The van der Waals surface area contributed by atoms with E-state index in [9.17, 15) is 58.8 Å². The van der Waals surface area contributed by atoms with Crippen molar-refractivity contribution in [2.45, 2.75) is 66.5 Å². The van der Waals surface area contributed by atoms with Gasteiger partial charge < -0.3 is 93.8 Å². The van der Waals surface area contributed by atoms with Gasteiger partial charge in [-0.3, -0.25) is 33.6 Å².